The van der Waals surface area contributed by atoms with Crippen molar-refractivity contribution < 1.29 is 23.5 Å². The summed E-state index contributed by atoms with van der Waals surface area (Å²) in [6, 6.07) is 10.4. The number of imide groups is 1. The third-order valence-electron chi connectivity index (χ3n) is 3.91. The van der Waals surface area contributed by atoms with Crippen LogP contribution >= 0.6 is 0 Å². The molecule has 128 valence electrons. The van der Waals surface area contributed by atoms with Gasteiger partial charge in [-0.2, -0.15) is 0 Å². The molecule has 7 heteroatoms. The predicted molar refractivity (Wildman–Crippen MR) is 91.1 cm³/mol. The number of esters is 1. The molecule has 0 unspecified atom stereocenters. The van der Waals surface area contributed by atoms with Gasteiger partial charge in [-0.25, -0.2) is 9.59 Å². The standard InChI is InChI=1S/C18H16N2O5/c1-9-12-8-7-11-5-3-4-6-13(11)15(12)25-14(9)17(22)24-10(2)16(21)20-18(19)23/h3-8,10H,1-2H3,(H3,19,20,21,23)/t10-/m1/s1. The van der Waals surface area contributed by atoms with Crippen molar-refractivity contribution in [2.75, 3.05) is 0 Å². The van der Waals surface area contributed by atoms with Gasteiger partial charge in [-0.05, 0) is 19.2 Å². The van der Waals surface area contributed by atoms with Gasteiger partial charge in [-0.15, -0.1) is 0 Å². The number of carbonyl (C=O) groups is 3. The fourth-order valence-electron chi connectivity index (χ4n) is 2.63. The molecule has 3 N–H and O–H groups in total. The summed E-state index contributed by atoms with van der Waals surface area (Å²) < 4.78 is 10.8. The third kappa shape index (κ3) is 3.03. The van der Waals surface area contributed by atoms with Crippen LogP contribution in [-0.4, -0.2) is 24.0 Å². The molecule has 0 saturated heterocycles. The molecule has 1 aromatic heterocycles. The summed E-state index contributed by atoms with van der Waals surface area (Å²) in [5.74, 6) is -1.57. The van der Waals surface area contributed by atoms with Gasteiger partial charge in [0.15, 0.2) is 6.10 Å². The van der Waals surface area contributed by atoms with E-state index < -0.39 is 24.0 Å². The predicted octanol–water partition coefficient (Wildman–Crippen LogP) is 2.63. The van der Waals surface area contributed by atoms with Crippen LogP contribution in [0.2, 0.25) is 0 Å². The molecule has 3 rings (SSSR count). The summed E-state index contributed by atoms with van der Waals surface area (Å²) in [4.78, 5) is 34.7. The molecule has 0 aliphatic heterocycles. The van der Waals surface area contributed by atoms with E-state index >= 15 is 0 Å². The molecule has 0 aliphatic carbocycles. The monoisotopic (exact) mass is 340 g/mol. The highest BCUT2D eigenvalue weighted by atomic mass is 16.6. The highest BCUT2D eigenvalue weighted by Gasteiger charge is 2.25. The lowest BCUT2D eigenvalue weighted by Crippen LogP contribution is -2.42. The molecule has 7 nitrogen and oxygen atoms in total. The fourth-order valence-corrected chi connectivity index (χ4v) is 2.63. The molecular formula is C18H16N2O5. The lowest BCUT2D eigenvalue weighted by molar-refractivity contribution is -0.127. The molecule has 1 heterocycles. The van der Waals surface area contributed by atoms with Gasteiger partial charge in [-0.3, -0.25) is 10.1 Å². The second-order valence-corrected chi connectivity index (χ2v) is 5.62. The first-order chi connectivity index (χ1) is 11.9. The fraction of sp³-hybridized carbons (Fsp3) is 0.167. The van der Waals surface area contributed by atoms with Crippen LogP contribution in [0.4, 0.5) is 4.79 Å². The first-order valence-electron chi connectivity index (χ1n) is 7.60. The minimum Gasteiger partial charge on any atom is -0.448 e. The normalized spacial score (nSPS) is 12.1. The van der Waals surface area contributed by atoms with E-state index in [0.29, 0.717) is 11.1 Å². The minimum atomic E-state index is -1.19. The number of nitrogens with one attached hydrogen (secondary N) is 1. The zero-order chi connectivity index (χ0) is 18.1. The average molecular weight is 340 g/mol. The van der Waals surface area contributed by atoms with Gasteiger partial charge in [0.25, 0.3) is 5.91 Å². The van der Waals surface area contributed by atoms with Crippen molar-refractivity contribution in [2.24, 2.45) is 5.73 Å². The molecule has 0 bridgehead atoms. The van der Waals surface area contributed by atoms with Gasteiger partial charge in [0.1, 0.15) is 5.58 Å². The third-order valence-corrected chi connectivity index (χ3v) is 3.91. The molecule has 3 aromatic rings. The summed E-state index contributed by atoms with van der Waals surface area (Å²) in [6.45, 7) is 3.08. The van der Waals surface area contributed by atoms with E-state index in [4.69, 9.17) is 14.9 Å². The molecule has 0 saturated carbocycles. The van der Waals surface area contributed by atoms with Gasteiger partial charge in [0.05, 0.1) is 0 Å². The van der Waals surface area contributed by atoms with Crippen molar-refractivity contribution in [3.8, 4) is 0 Å². The largest absolute Gasteiger partial charge is 0.448 e. The van der Waals surface area contributed by atoms with Crippen molar-refractivity contribution in [1.29, 1.82) is 0 Å². The minimum absolute atomic E-state index is 0.0186. The van der Waals surface area contributed by atoms with Gasteiger partial charge in [-0.1, -0.05) is 36.4 Å². The van der Waals surface area contributed by atoms with Crippen LogP contribution in [0, 0.1) is 6.92 Å². The number of hydrogen-bond acceptors (Lipinski definition) is 5. The lowest BCUT2D eigenvalue weighted by atomic mass is 10.1. The summed E-state index contributed by atoms with van der Waals surface area (Å²) in [5.41, 5.74) is 6.07. The first kappa shape index (κ1) is 16.5. The van der Waals surface area contributed by atoms with E-state index in [-0.39, 0.29) is 5.76 Å². The Morgan fingerprint density at radius 3 is 2.56 bits per heavy atom. The molecule has 3 amide bonds. The molecule has 0 fully saturated rings. The van der Waals surface area contributed by atoms with Gasteiger partial charge < -0.3 is 14.9 Å². The van der Waals surface area contributed by atoms with Crippen molar-refractivity contribution in [2.45, 2.75) is 20.0 Å². The Bertz CT molecular complexity index is 1010. The highest BCUT2D eigenvalue weighted by molar-refractivity contribution is 6.08. The summed E-state index contributed by atoms with van der Waals surface area (Å²) in [7, 11) is 0. The number of carbonyl (C=O) groups excluding carboxylic acids is 3. The number of benzene rings is 2. The number of nitrogens with two attached hydrogens (primary N) is 1. The van der Waals surface area contributed by atoms with Crippen molar-refractivity contribution in [3.05, 3.63) is 47.7 Å². The van der Waals surface area contributed by atoms with E-state index in [1.54, 1.807) is 6.92 Å². The molecule has 25 heavy (non-hydrogen) atoms. The second-order valence-electron chi connectivity index (χ2n) is 5.62. The van der Waals surface area contributed by atoms with Gasteiger partial charge >= 0.3 is 12.0 Å². The average Bonchev–Trinajstić information content (AvgIpc) is 2.91. The van der Waals surface area contributed by atoms with Crippen LogP contribution in [0.3, 0.4) is 0 Å². The first-order valence-corrected chi connectivity index (χ1v) is 7.60. The number of rotatable bonds is 3. The van der Waals surface area contributed by atoms with Crippen LogP contribution in [0.25, 0.3) is 21.7 Å². The molecule has 0 spiro atoms. The summed E-state index contributed by atoms with van der Waals surface area (Å²) in [5, 5.41) is 4.51. The van der Waals surface area contributed by atoms with Crippen LogP contribution in [0.5, 0.6) is 0 Å². The number of furan rings is 1. The van der Waals surface area contributed by atoms with Crippen LogP contribution in [-0.2, 0) is 9.53 Å². The zero-order valence-corrected chi connectivity index (χ0v) is 13.7. The topological polar surface area (TPSA) is 112 Å². The van der Waals surface area contributed by atoms with E-state index in [0.717, 1.165) is 16.2 Å². The second kappa shape index (κ2) is 6.27. The van der Waals surface area contributed by atoms with Gasteiger partial charge in [0.2, 0.25) is 5.76 Å². The number of aryl methyl sites for hydroxylation is 1. The van der Waals surface area contributed by atoms with Crippen LogP contribution in [0.1, 0.15) is 23.0 Å². The van der Waals surface area contributed by atoms with Crippen molar-refractivity contribution in [1.82, 2.24) is 5.32 Å². The summed E-state index contributed by atoms with van der Waals surface area (Å²) in [6.07, 6.45) is -1.19. The SMILES string of the molecule is Cc1c(C(=O)O[C@H](C)C(=O)NC(N)=O)oc2c1ccc1ccccc12. The lowest BCUT2D eigenvalue weighted by Gasteiger charge is -2.11. The van der Waals surface area contributed by atoms with Crippen molar-refractivity contribution >= 4 is 39.6 Å². The summed E-state index contributed by atoms with van der Waals surface area (Å²) >= 11 is 0. The number of ether oxygens (including phenoxy) is 1. The Balaban J connectivity index is 1.94. The smallest absolute Gasteiger partial charge is 0.375 e. The maximum atomic E-state index is 12.4. The van der Waals surface area contributed by atoms with Crippen LogP contribution < -0.4 is 11.1 Å². The number of hydrogen-bond donors (Lipinski definition) is 2. The van der Waals surface area contributed by atoms with Gasteiger partial charge in [0, 0.05) is 16.3 Å². The van der Waals surface area contributed by atoms with E-state index in [2.05, 4.69) is 0 Å². The van der Waals surface area contributed by atoms with E-state index in [1.807, 2.05) is 41.7 Å². The Morgan fingerprint density at radius 1 is 1.12 bits per heavy atom. The Morgan fingerprint density at radius 2 is 1.84 bits per heavy atom. The van der Waals surface area contributed by atoms with Crippen molar-refractivity contribution in [3.63, 3.8) is 0 Å². The van der Waals surface area contributed by atoms with Crippen LogP contribution in [0.15, 0.2) is 40.8 Å². The molecule has 2 aromatic carbocycles. The number of amides is 3. The zero-order valence-electron chi connectivity index (χ0n) is 13.7. The van der Waals surface area contributed by atoms with E-state index in [1.165, 1.54) is 6.92 Å². The maximum absolute atomic E-state index is 12.4. The Hall–Kier alpha value is -3.35. The molecule has 0 aliphatic rings. The number of primary amides is 1. The molecular weight excluding hydrogens is 324 g/mol. The number of urea groups is 1. The Kier molecular flexibility index (Phi) is 4.14. The number of fused-ring (bicyclic) bond motifs is 3. The maximum Gasteiger partial charge on any atom is 0.375 e. The quantitative estimate of drug-likeness (QED) is 0.712. The Labute approximate surface area is 142 Å². The molecule has 1 atom stereocenters. The van der Waals surface area contributed by atoms with E-state index in [9.17, 15) is 14.4 Å². The molecule has 0 radical (unpaired) electrons. The highest BCUT2D eigenvalue weighted by Crippen LogP contribution is 2.32.